The zero-order chi connectivity index (χ0) is 17.6. The highest BCUT2D eigenvalue weighted by Crippen LogP contribution is 2.23. The summed E-state index contributed by atoms with van der Waals surface area (Å²) in [7, 11) is 0. The molecule has 2 saturated heterocycles. The van der Waals surface area contributed by atoms with Crippen molar-refractivity contribution in [2.45, 2.75) is 36.8 Å². The van der Waals surface area contributed by atoms with Crippen LogP contribution in [0.5, 0.6) is 0 Å². The van der Waals surface area contributed by atoms with E-state index in [4.69, 9.17) is 0 Å². The lowest BCUT2D eigenvalue weighted by molar-refractivity contribution is -0.140. The Hall–Kier alpha value is -1.53. The lowest BCUT2D eigenvalue weighted by Crippen LogP contribution is -2.58. The Morgan fingerprint density at radius 1 is 1.32 bits per heavy atom. The SMILES string of the molecule is CC(SCc1ccccc1)C(=O)N1CCCC(N2CCNCC2=O)C1. The molecular weight excluding hydrogens is 334 g/mol. The maximum Gasteiger partial charge on any atom is 0.236 e. The molecule has 5 nitrogen and oxygen atoms in total. The first-order valence-electron chi connectivity index (χ1n) is 9.09. The summed E-state index contributed by atoms with van der Waals surface area (Å²) >= 11 is 1.69. The minimum atomic E-state index is -0.0577. The number of hydrogen-bond acceptors (Lipinski definition) is 4. The predicted octanol–water partition coefficient (Wildman–Crippen LogP) is 1.73. The van der Waals surface area contributed by atoms with Crippen LogP contribution in [0.15, 0.2) is 30.3 Å². The van der Waals surface area contributed by atoms with Crippen LogP contribution < -0.4 is 5.32 Å². The lowest BCUT2D eigenvalue weighted by Gasteiger charge is -2.41. The summed E-state index contributed by atoms with van der Waals surface area (Å²) in [6, 6.07) is 10.4. The van der Waals surface area contributed by atoms with E-state index in [9.17, 15) is 9.59 Å². The molecule has 0 aliphatic carbocycles. The molecule has 0 spiro atoms. The normalized spacial score (nSPS) is 22.8. The number of rotatable bonds is 5. The molecule has 2 fully saturated rings. The van der Waals surface area contributed by atoms with Crippen molar-refractivity contribution < 1.29 is 9.59 Å². The fourth-order valence-corrected chi connectivity index (χ4v) is 4.47. The summed E-state index contributed by atoms with van der Waals surface area (Å²) in [5, 5.41) is 3.06. The average Bonchev–Trinajstić information content (AvgIpc) is 2.67. The second kappa shape index (κ2) is 8.72. The van der Waals surface area contributed by atoms with E-state index < -0.39 is 0 Å². The van der Waals surface area contributed by atoms with E-state index in [1.165, 1.54) is 5.56 Å². The summed E-state index contributed by atoms with van der Waals surface area (Å²) in [5.41, 5.74) is 1.25. The van der Waals surface area contributed by atoms with Gasteiger partial charge in [-0.2, -0.15) is 0 Å². The standard InChI is InChI=1S/C19H27N3O2S/c1-15(25-14-16-6-3-2-4-7-16)19(24)21-10-5-8-17(13-21)22-11-9-20-12-18(22)23/h2-4,6-7,15,17,20H,5,8-14H2,1H3. The number of carbonyl (C=O) groups excluding carboxylic acids is 2. The number of likely N-dealkylation sites (tertiary alicyclic amines) is 1. The van der Waals surface area contributed by atoms with E-state index in [0.717, 1.165) is 38.2 Å². The highest BCUT2D eigenvalue weighted by molar-refractivity contribution is 7.99. The molecule has 2 aliphatic rings. The molecule has 1 N–H and O–H groups in total. The highest BCUT2D eigenvalue weighted by atomic mass is 32.2. The molecule has 2 aliphatic heterocycles. The molecule has 2 unspecified atom stereocenters. The van der Waals surface area contributed by atoms with Gasteiger partial charge in [-0.05, 0) is 25.3 Å². The first-order valence-corrected chi connectivity index (χ1v) is 10.1. The van der Waals surface area contributed by atoms with E-state index in [1.807, 2.05) is 34.9 Å². The van der Waals surface area contributed by atoms with Gasteiger partial charge in [0.25, 0.3) is 0 Å². The van der Waals surface area contributed by atoms with Crippen molar-refractivity contribution in [2.75, 3.05) is 32.7 Å². The Kier molecular flexibility index (Phi) is 6.37. The van der Waals surface area contributed by atoms with Crippen molar-refractivity contribution in [3.8, 4) is 0 Å². The number of piperazine rings is 1. The number of nitrogens with one attached hydrogen (secondary N) is 1. The molecular formula is C19H27N3O2S. The lowest BCUT2D eigenvalue weighted by atomic mass is 10.0. The molecule has 6 heteroatoms. The third-order valence-electron chi connectivity index (χ3n) is 4.97. The highest BCUT2D eigenvalue weighted by Gasteiger charge is 2.32. The van der Waals surface area contributed by atoms with Gasteiger partial charge in [-0.3, -0.25) is 9.59 Å². The number of hydrogen-bond donors (Lipinski definition) is 1. The molecule has 2 atom stereocenters. The topological polar surface area (TPSA) is 52.7 Å². The largest absolute Gasteiger partial charge is 0.340 e. The predicted molar refractivity (Wildman–Crippen MR) is 101 cm³/mol. The molecule has 1 aromatic carbocycles. The van der Waals surface area contributed by atoms with Crippen LogP contribution in [0.4, 0.5) is 0 Å². The monoisotopic (exact) mass is 361 g/mol. The third-order valence-corrected chi connectivity index (χ3v) is 6.17. The van der Waals surface area contributed by atoms with Crippen molar-refractivity contribution in [2.24, 2.45) is 0 Å². The Balaban J connectivity index is 1.53. The van der Waals surface area contributed by atoms with Gasteiger partial charge in [0.05, 0.1) is 11.8 Å². The van der Waals surface area contributed by atoms with Crippen LogP contribution in [0.2, 0.25) is 0 Å². The summed E-state index contributed by atoms with van der Waals surface area (Å²) in [6.07, 6.45) is 1.98. The van der Waals surface area contributed by atoms with Gasteiger partial charge in [-0.15, -0.1) is 11.8 Å². The Morgan fingerprint density at radius 2 is 2.12 bits per heavy atom. The minimum absolute atomic E-state index is 0.0577. The molecule has 0 radical (unpaired) electrons. The van der Waals surface area contributed by atoms with Crippen LogP contribution in [-0.4, -0.2) is 65.6 Å². The number of amides is 2. The van der Waals surface area contributed by atoms with E-state index in [2.05, 4.69) is 17.4 Å². The maximum atomic E-state index is 12.8. The molecule has 136 valence electrons. The van der Waals surface area contributed by atoms with Crippen molar-refractivity contribution in [1.29, 1.82) is 0 Å². The van der Waals surface area contributed by atoms with Crippen LogP contribution in [0, 0.1) is 0 Å². The average molecular weight is 362 g/mol. The summed E-state index contributed by atoms with van der Waals surface area (Å²) < 4.78 is 0. The maximum absolute atomic E-state index is 12.8. The van der Waals surface area contributed by atoms with Crippen molar-refractivity contribution in [3.63, 3.8) is 0 Å². The second-order valence-electron chi connectivity index (χ2n) is 6.78. The molecule has 0 saturated carbocycles. The van der Waals surface area contributed by atoms with Gasteiger partial charge in [-0.1, -0.05) is 30.3 Å². The first kappa shape index (κ1) is 18.3. The zero-order valence-corrected chi connectivity index (χ0v) is 15.6. The Labute approximate surface area is 154 Å². The molecule has 0 bridgehead atoms. The van der Waals surface area contributed by atoms with Gasteiger partial charge in [0, 0.05) is 38.0 Å². The van der Waals surface area contributed by atoms with Crippen LogP contribution in [0.1, 0.15) is 25.3 Å². The Morgan fingerprint density at radius 3 is 2.88 bits per heavy atom. The number of piperidine rings is 1. The van der Waals surface area contributed by atoms with Gasteiger partial charge >= 0.3 is 0 Å². The van der Waals surface area contributed by atoms with Crippen LogP contribution in [-0.2, 0) is 15.3 Å². The number of thioether (sulfide) groups is 1. The number of benzene rings is 1. The summed E-state index contributed by atoms with van der Waals surface area (Å²) in [6.45, 7) is 5.51. The van der Waals surface area contributed by atoms with Crippen molar-refractivity contribution in [1.82, 2.24) is 15.1 Å². The van der Waals surface area contributed by atoms with Crippen LogP contribution in [0.25, 0.3) is 0 Å². The zero-order valence-electron chi connectivity index (χ0n) is 14.8. The van der Waals surface area contributed by atoms with Crippen molar-refractivity contribution in [3.05, 3.63) is 35.9 Å². The van der Waals surface area contributed by atoms with E-state index in [1.54, 1.807) is 11.8 Å². The number of carbonyl (C=O) groups is 2. The molecule has 3 rings (SSSR count). The molecule has 0 aromatic heterocycles. The van der Waals surface area contributed by atoms with E-state index in [-0.39, 0.29) is 23.1 Å². The summed E-state index contributed by atoms with van der Waals surface area (Å²) in [5.74, 6) is 1.21. The fraction of sp³-hybridized carbons (Fsp3) is 0.579. The number of nitrogens with zero attached hydrogens (tertiary/aromatic N) is 2. The van der Waals surface area contributed by atoms with Crippen LogP contribution in [0.3, 0.4) is 0 Å². The van der Waals surface area contributed by atoms with Crippen LogP contribution >= 0.6 is 11.8 Å². The third kappa shape index (κ3) is 4.76. The quantitative estimate of drug-likeness (QED) is 0.868. The molecule has 25 heavy (non-hydrogen) atoms. The fourth-order valence-electron chi connectivity index (χ4n) is 3.54. The van der Waals surface area contributed by atoms with E-state index >= 15 is 0 Å². The minimum Gasteiger partial charge on any atom is -0.340 e. The smallest absolute Gasteiger partial charge is 0.236 e. The Bertz CT molecular complexity index is 596. The van der Waals surface area contributed by atoms with Gasteiger partial charge < -0.3 is 15.1 Å². The van der Waals surface area contributed by atoms with Crippen molar-refractivity contribution >= 4 is 23.6 Å². The molecule has 2 heterocycles. The molecule has 2 amide bonds. The van der Waals surface area contributed by atoms with E-state index in [0.29, 0.717) is 13.1 Å². The molecule has 1 aromatic rings. The van der Waals surface area contributed by atoms with Gasteiger partial charge in [0.1, 0.15) is 0 Å². The first-order chi connectivity index (χ1) is 12.1. The second-order valence-corrected chi connectivity index (χ2v) is 8.11. The van der Waals surface area contributed by atoms with Gasteiger partial charge in [0.15, 0.2) is 0 Å². The summed E-state index contributed by atoms with van der Waals surface area (Å²) in [4.78, 5) is 28.9. The van der Waals surface area contributed by atoms with Gasteiger partial charge in [-0.25, -0.2) is 0 Å². The van der Waals surface area contributed by atoms with Gasteiger partial charge in [0.2, 0.25) is 11.8 Å².